The van der Waals surface area contributed by atoms with Crippen LogP contribution in [0, 0.1) is 32.4 Å². The number of piperidine rings is 4. The van der Waals surface area contributed by atoms with E-state index in [1.165, 1.54) is 119 Å². The maximum Gasteiger partial charge on any atom is 0.175 e. The van der Waals surface area contributed by atoms with E-state index in [0.29, 0.717) is 55.3 Å². The summed E-state index contributed by atoms with van der Waals surface area (Å²) in [5.74, 6) is -0.585. The molecule has 19 rings (SSSR count). The minimum atomic E-state index is -0.512. The number of rotatable bonds is 8. The third kappa shape index (κ3) is 14.3. The van der Waals surface area contributed by atoms with Crippen LogP contribution < -0.4 is 25.3 Å². The fourth-order valence-electron chi connectivity index (χ4n) is 15.8. The lowest BCUT2D eigenvalue weighted by atomic mass is 9.92. The summed E-state index contributed by atoms with van der Waals surface area (Å²) in [5.41, 5.74) is 21.3. The monoisotopic (exact) mass is 1600 g/mol. The van der Waals surface area contributed by atoms with Crippen molar-refractivity contribution in [1.29, 1.82) is 0 Å². The van der Waals surface area contributed by atoms with Gasteiger partial charge in [0.15, 0.2) is 22.9 Å². The molecule has 13 aromatic rings. The summed E-state index contributed by atoms with van der Waals surface area (Å²) < 4.78 is 49.0. The number of hydrogen-bond acceptors (Lipinski definition) is 18. The van der Waals surface area contributed by atoms with Gasteiger partial charge in [-0.3, -0.25) is 9.98 Å². The molecule has 0 amide bonds. The molecule has 0 radical (unpaired) electrons. The predicted octanol–water partition coefficient (Wildman–Crippen LogP) is 23.8. The van der Waals surface area contributed by atoms with Crippen LogP contribution in [-0.2, 0) is 13.1 Å². The minimum absolute atomic E-state index is 0.141. The molecular weight excluding hydrogens is 1520 g/mol. The van der Waals surface area contributed by atoms with E-state index in [1.807, 2.05) is 31.5 Å². The van der Waals surface area contributed by atoms with E-state index < -0.39 is 5.82 Å². The normalized spacial score (nSPS) is 17.0. The van der Waals surface area contributed by atoms with Gasteiger partial charge in [-0.2, -0.15) is 17.5 Å². The van der Waals surface area contributed by atoms with Crippen molar-refractivity contribution in [1.82, 2.24) is 32.4 Å². The van der Waals surface area contributed by atoms with E-state index in [9.17, 15) is 0 Å². The van der Waals surface area contributed by atoms with Crippen molar-refractivity contribution in [3.8, 4) is 44.9 Å². The van der Waals surface area contributed by atoms with Crippen LogP contribution in [0.1, 0.15) is 130 Å². The molecule has 0 aliphatic carbocycles. The van der Waals surface area contributed by atoms with Crippen LogP contribution in [0.3, 0.4) is 0 Å². The first-order valence-electron chi connectivity index (χ1n) is 36.6. The summed E-state index contributed by atoms with van der Waals surface area (Å²) in [6, 6.07) is 33.1. The number of anilines is 5. The van der Waals surface area contributed by atoms with Crippen LogP contribution in [0.2, 0.25) is 25.1 Å². The van der Waals surface area contributed by atoms with E-state index in [2.05, 4.69) is 146 Å². The first kappa shape index (κ1) is 73.4. The second-order valence-corrected chi connectivity index (χ2v) is 33.6. The van der Waals surface area contributed by atoms with Crippen molar-refractivity contribution < 1.29 is 8.78 Å². The van der Waals surface area contributed by atoms with Gasteiger partial charge in [0.2, 0.25) is 0 Å². The summed E-state index contributed by atoms with van der Waals surface area (Å²) in [6.45, 7) is 18.3. The zero-order chi connectivity index (χ0) is 73.9. The molecule has 14 nitrogen and oxygen atoms in total. The Bertz CT molecular complexity index is 5670. The van der Waals surface area contributed by atoms with E-state index in [4.69, 9.17) is 73.7 Å². The molecule has 2 atom stereocenters. The van der Waals surface area contributed by atoms with Crippen molar-refractivity contribution >= 4 is 197 Å². The second kappa shape index (κ2) is 31.3. The molecule has 7 aromatic heterocycles. The van der Waals surface area contributed by atoms with Crippen LogP contribution in [0.25, 0.3) is 99.5 Å². The molecule has 548 valence electrons. The number of nitrogens with two attached hydrogens (primary N) is 1. The Kier molecular flexibility index (Phi) is 21.5. The number of halogens is 7. The Balaban J connectivity index is 0.000000109. The summed E-state index contributed by atoms with van der Waals surface area (Å²) in [5, 5.41) is 12.8. The van der Waals surface area contributed by atoms with Gasteiger partial charge in [0.05, 0.1) is 71.6 Å². The zero-order valence-electron chi connectivity index (χ0n) is 59.9. The van der Waals surface area contributed by atoms with Gasteiger partial charge in [-0.25, -0.2) is 23.7 Å². The molecule has 0 spiro atoms. The van der Waals surface area contributed by atoms with Crippen molar-refractivity contribution in [3.05, 3.63) is 173 Å². The molecule has 6 aliphatic heterocycles. The minimum Gasteiger partial charge on any atom is -0.384 e. The number of nitrogens with zero attached hydrogens (tertiary/aromatic N) is 13. The summed E-state index contributed by atoms with van der Waals surface area (Å²) in [7, 11) is 0. The van der Waals surface area contributed by atoms with Gasteiger partial charge in [-0.15, -0.1) is 0 Å². The molecule has 2 unspecified atom stereocenters. The van der Waals surface area contributed by atoms with Crippen LogP contribution in [0.4, 0.5) is 34.6 Å². The lowest BCUT2D eigenvalue weighted by molar-refractivity contribution is 0.488. The van der Waals surface area contributed by atoms with E-state index >= 15 is 8.78 Å². The SMILES string of the molecule is Cc1ccc2c(-c3nc4nsc(N5CCCCC5C)c4cc3Cl)cccc2c1.Cc1ccc2c(c1-c1c(Cl)cc3c(N4CCCCC4)snc3c1F)C=NC2.Cc1ccc2c(c1-c1nc3nsc(N4CCCCC4C)c3cc1Cl)C=NC2.Nc1ccc(Cl)c(-c2c(Cl)cc3c(N4CCCCC4)snc3c2F)n1. The molecule has 6 aliphatic rings. The molecule has 6 aromatic carbocycles. The molecule has 0 saturated carbocycles. The standard InChI is InChI=1S/C23H22ClN3S.C21H19ClFN3S.C21H21ClN4S.C17H15Cl2FN4S/c1-14-9-10-17-16(12-14)7-5-8-18(17)21-20(24)13-19-22(25-21)26-28-23(19)27-11-4-3-6-15(27)2;1-12-5-6-13-10-24-11-15(13)17(12)18-16(22)9-14-20(19(18)23)25-27-21(14)26-7-3-2-4-8-26;1-12-6-7-14-10-23-11-16(14)18(12)19-17(22)9-15-20(24-19)25-27-21(15)26-8-4-3-5-13(26)2;18-10-4-5-12(21)22-16(10)13-11(19)8-9-15(14(13)20)23-25-17(9)24-6-2-1-3-7-24/h5,7-10,12-13,15H,3-4,6,11H2,1-2H3;5-6,9,11H,2-4,7-8,10H2,1H3;6-7,9,11,13H,3-5,8,10H2,1-2H3;4-5,8H,1-3,6-7H2,(H2,21,22). The Morgan fingerprint density at radius 2 is 0.916 bits per heavy atom. The fraction of sp³-hybridized carbons (Fsp3) is 0.329. The van der Waals surface area contributed by atoms with Gasteiger partial charge < -0.3 is 25.3 Å². The van der Waals surface area contributed by atoms with Crippen LogP contribution >= 0.6 is 104 Å². The number of pyridine rings is 3. The Morgan fingerprint density at radius 1 is 0.430 bits per heavy atom. The lowest BCUT2D eigenvalue weighted by Gasteiger charge is -2.34. The highest BCUT2D eigenvalue weighted by molar-refractivity contribution is 7.13. The highest BCUT2D eigenvalue weighted by Crippen LogP contribution is 2.48. The largest absolute Gasteiger partial charge is 0.384 e. The van der Waals surface area contributed by atoms with E-state index in [0.717, 1.165) is 157 Å². The van der Waals surface area contributed by atoms with Gasteiger partial charge in [0, 0.05) is 102 Å². The number of aromatic nitrogens is 7. The van der Waals surface area contributed by atoms with Gasteiger partial charge in [-0.05, 0) is 233 Å². The third-order valence-electron chi connectivity index (χ3n) is 21.5. The third-order valence-corrected chi connectivity index (χ3v) is 26.6. The molecule has 4 fully saturated rings. The first-order chi connectivity index (χ1) is 52.0. The maximum atomic E-state index is 15.6. The average Bonchev–Trinajstić information content (AvgIpc) is 1.69. The molecule has 4 saturated heterocycles. The number of aryl methyl sites for hydroxylation is 3. The number of hydrogen-bond donors (Lipinski definition) is 1. The smallest absolute Gasteiger partial charge is 0.175 e. The summed E-state index contributed by atoms with van der Waals surface area (Å²) in [6.07, 6.45) is 18.4. The molecule has 0 bridgehead atoms. The fourth-order valence-corrected chi connectivity index (χ4v) is 20.8. The van der Waals surface area contributed by atoms with Crippen molar-refractivity contribution in [2.24, 2.45) is 9.98 Å². The highest BCUT2D eigenvalue weighted by Gasteiger charge is 2.31. The second-order valence-electron chi connectivity index (χ2n) is 28.6. The molecule has 2 N–H and O–H groups in total. The highest BCUT2D eigenvalue weighted by atomic mass is 35.5. The van der Waals surface area contributed by atoms with Gasteiger partial charge in [0.1, 0.15) is 36.9 Å². The van der Waals surface area contributed by atoms with Crippen LogP contribution in [0.15, 0.2) is 107 Å². The number of fused-ring (bicyclic) bond motifs is 7. The Morgan fingerprint density at radius 3 is 1.49 bits per heavy atom. The zero-order valence-corrected chi connectivity index (χ0v) is 66.9. The average molecular weight is 1600 g/mol. The quantitative estimate of drug-likeness (QED) is 0.154. The van der Waals surface area contributed by atoms with Crippen LogP contribution in [-0.4, -0.2) is 96.2 Å². The molecule has 25 heteroatoms. The number of nitrogen functional groups attached to an aromatic ring is 1. The number of benzene rings is 6. The van der Waals surface area contributed by atoms with Crippen molar-refractivity contribution in [2.75, 3.05) is 64.6 Å². The van der Waals surface area contributed by atoms with E-state index in [-0.39, 0.29) is 27.9 Å². The van der Waals surface area contributed by atoms with Gasteiger partial charge >= 0.3 is 0 Å². The maximum absolute atomic E-state index is 15.6. The molecular formula is C82H77Cl5F2N14S4. The number of aliphatic imine (C=N–C) groups is 2. The Hall–Kier alpha value is -7.76. The first-order valence-corrected chi connectivity index (χ1v) is 41.6. The summed E-state index contributed by atoms with van der Waals surface area (Å²) in [4.78, 5) is 32.3. The topological polar surface area (TPSA) is 154 Å². The van der Waals surface area contributed by atoms with E-state index in [1.54, 1.807) is 41.3 Å². The van der Waals surface area contributed by atoms with Gasteiger partial charge in [-0.1, -0.05) is 124 Å². The molecule has 13 heterocycles. The lowest BCUT2D eigenvalue weighted by Crippen LogP contribution is -2.36. The Labute approximate surface area is 661 Å². The molecule has 107 heavy (non-hydrogen) atoms. The van der Waals surface area contributed by atoms with Crippen molar-refractivity contribution in [2.45, 2.75) is 137 Å². The van der Waals surface area contributed by atoms with Crippen molar-refractivity contribution in [3.63, 3.8) is 0 Å². The predicted molar refractivity (Wildman–Crippen MR) is 451 cm³/mol. The van der Waals surface area contributed by atoms with Crippen LogP contribution in [0.5, 0.6) is 0 Å². The van der Waals surface area contributed by atoms with Gasteiger partial charge in [0.25, 0.3) is 0 Å². The summed E-state index contributed by atoms with van der Waals surface area (Å²) >= 11 is 38.6.